The summed E-state index contributed by atoms with van der Waals surface area (Å²) in [6, 6.07) is 9.62. The number of hydrogen-bond acceptors (Lipinski definition) is 7. The number of hydrogen-bond donors (Lipinski definition) is 3. The maximum Gasteiger partial charge on any atom is 0.310 e. The van der Waals surface area contributed by atoms with Crippen LogP contribution in [0, 0.1) is 25.1 Å². The van der Waals surface area contributed by atoms with Crippen LogP contribution in [0.3, 0.4) is 0 Å². The number of aromatic amines is 1. The van der Waals surface area contributed by atoms with Gasteiger partial charge in [-0.1, -0.05) is 18.2 Å². The summed E-state index contributed by atoms with van der Waals surface area (Å²) in [6.45, 7) is 6.70. The molecule has 3 aromatic rings. The highest BCUT2D eigenvalue weighted by Gasteiger charge is 2.48. The Bertz CT molecular complexity index is 1540. The molecule has 2 saturated heterocycles. The molecule has 0 aliphatic carbocycles. The van der Waals surface area contributed by atoms with E-state index >= 15 is 4.39 Å². The maximum atomic E-state index is 16.0. The lowest BCUT2D eigenvalue weighted by atomic mass is 9.72. The summed E-state index contributed by atoms with van der Waals surface area (Å²) in [4.78, 5) is 19.6. The molecule has 10 nitrogen and oxygen atoms in total. The average molecular weight is 571 g/mol. The number of rotatable bonds is 8. The summed E-state index contributed by atoms with van der Waals surface area (Å²) in [5.41, 5.74) is 0.649. The van der Waals surface area contributed by atoms with Crippen LogP contribution in [0.4, 0.5) is 16.0 Å². The maximum absolute atomic E-state index is 16.0. The number of carbonyl (C=O) groups is 1. The van der Waals surface area contributed by atoms with Crippen molar-refractivity contribution in [2.75, 3.05) is 32.0 Å². The molecule has 2 aliphatic heterocycles. The first-order valence-corrected chi connectivity index (χ1v) is 14.8. The number of halogens is 1. The van der Waals surface area contributed by atoms with Gasteiger partial charge >= 0.3 is 5.97 Å². The standard InChI is InChI=1S/C28H35FN6O4S/c1-17-7-5-6-8-23(17)40(38,39)35-10-9-28(27(36)37,13-19(35)3)14-22-26(29)21(20-15-34(4)16-20)12-24(30-22)31-25-11-18(2)32-33-25/h5-8,11-12,19-20H,9-10,13-16H2,1-4H3,(H,36,37)(H2,30,31,32,33)/t19-,28-/m1/s1. The molecule has 2 aliphatic rings. The Morgan fingerprint density at radius 2 is 1.95 bits per heavy atom. The Labute approximate surface area is 233 Å². The van der Waals surface area contributed by atoms with Crippen LogP contribution in [0.15, 0.2) is 41.3 Å². The fourth-order valence-corrected chi connectivity index (χ4v) is 7.84. The zero-order valence-corrected chi connectivity index (χ0v) is 23.9. The molecule has 12 heteroatoms. The Morgan fingerprint density at radius 1 is 1.23 bits per heavy atom. The van der Waals surface area contributed by atoms with Crippen molar-refractivity contribution in [3.8, 4) is 0 Å². The molecular formula is C28H35FN6O4S. The Kier molecular flexibility index (Phi) is 7.45. The van der Waals surface area contributed by atoms with Crippen LogP contribution >= 0.6 is 0 Å². The number of carboxylic acid groups (broad SMARTS) is 1. The molecular weight excluding hydrogens is 535 g/mol. The Hall–Kier alpha value is -3.35. The molecule has 1 aromatic carbocycles. The number of nitrogens with one attached hydrogen (secondary N) is 2. The van der Waals surface area contributed by atoms with E-state index in [9.17, 15) is 18.3 Å². The number of benzene rings is 1. The van der Waals surface area contributed by atoms with Gasteiger partial charge in [-0.05, 0) is 63.9 Å². The van der Waals surface area contributed by atoms with Crippen molar-refractivity contribution in [2.24, 2.45) is 5.41 Å². The van der Waals surface area contributed by atoms with Gasteiger partial charge in [0, 0.05) is 49.8 Å². The molecule has 0 spiro atoms. The number of carboxylic acids is 1. The van der Waals surface area contributed by atoms with Crippen LogP contribution in [0.5, 0.6) is 0 Å². The topological polar surface area (TPSA) is 132 Å². The van der Waals surface area contributed by atoms with E-state index in [-0.39, 0.29) is 42.3 Å². The largest absolute Gasteiger partial charge is 0.481 e. The predicted octanol–water partition coefficient (Wildman–Crippen LogP) is 3.82. The third-order valence-electron chi connectivity index (χ3n) is 8.15. The van der Waals surface area contributed by atoms with Gasteiger partial charge in [-0.25, -0.2) is 17.8 Å². The van der Waals surface area contributed by atoms with Gasteiger partial charge in [0.15, 0.2) is 5.82 Å². The van der Waals surface area contributed by atoms with Crippen LogP contribution in [-0.2, 0) is 21.2 Å². The quantitative estimate of drug-likeness (QED) is 0.373. The van der Waals surface area contributed by atoms with Gasteiger partial charge in [-0.3, -0.25) is 9.89 Å². The van der Waals surface area contributed by atoms with Crippen LogP contribution in [0.25, 0.3) is 0 Å². The summed E-state index contributed by atoms with van der Waals surface area (Å²) in [7, 11) is -1.87. The van der Waals surface area contributed by atoms with Crippen molar-refractivity contribution in [1.29, 1.82) is 0 Å². The van der Waals surface area contributed by atoms with E-state index in [4.69, 9.17) is 0 Å². The third kappa shape index (κ3) is 5.23. The van der Waals surface area contributed by atoms with E-state index < -0.39 is 33.3 Å². The number of aliphatic carboxylic acids is 1. The van der Waals surface area contributed by atoms with Crippen molar-refractivity contribution in [3.05, 3.63) is 64.7 Å². The zero-order chi connectivity index (χ0) is 28.8. The zero-order valence-electron chi connectivity index (χ0n) is 23.1. The summed E-state index contributed by atoms with van der Waals surface area (Å²) < 4.78 is 44.4. The minimum atomic E-state index is -3.83. The molecule has 0 bridgehead atoms. The number of aromatic nitrogens is 3. The summed E-state index contributed by atoms with van der Waals surface area (Å²) in [5, 5.41) is 20.6. The minimum Gasteiger partial charge on any atom is -0.481 e. The number of sulfonamides is 1. The van der Waals surface area contributed by atoms with Gasteiger partial charge in [-0.2, -0.15) is 9.40 Å². The second kappa shape index (κ2) is 10.6. The van der Waals surface area contributed by atoms with Crippen molar-refractivity contribution in [2.45, 2.75) is 56.9 Å². The highest BCUT2D eigenvalue weighted by Crippen LogP contribution is 2.42. The molecule has 2 atom stereocenters. The molecule has 4 heterocycles. The molecule has 0 radical (unpaired) electrons. The second-order valence-corrected chi connectivity index (χ2v) is 13.1. The molecule has 40 heavy (non-hydrogen) atoms. The van der Waals surface area contributed by atoms with Crippen LogP contribution in [0.2, 0.25) is 0 Å². The lowest BCUT2D eigenvalue weighted by molar-refractivity contribution is -0.152. The van der Waals surface area contributed by atoms with E-state index in [1.165, 1.54) is 4.31 Å². The van der Waals surface area contributed by atoms with Gasteiger partial charge in [0.2, 0.25) is 10.0 Å². The normalized spacial score (nSPS) is 22.7. The summed E-state index contributed by atoms with van der Waals surface area (Å²) >= 11 is 0. The number of likely N-dealkylation sites (tertiary alicyclic amines) is 1. The molecule has 3 N–H and O–H groups in total. The van der Waals surface area contributed by atoms with Gasteiger partial charge in [-0.15, -0.1) is 0 Å². The lowest BCUT2D eigenvalue weighted by Crippen LogP contribution is -2.52. The Morgan fingerprint density at radius 3 is 2.55 bits per heavy atom. The van der Waals surface area contributed by atoms with Crippen molar-refractivity contribution >= 4 is 27.6 Å². The molecule has 0 amide bonds. The van der Waals surface area contributed by atoms with E-state index in [1.54, 1.807) is 50.2 Å². The summed E-state index contributed by atoms with van der Waals surface area (Å²) in [5.74, 6) is -0.699. The molecule has 0 saturated carbocycles. The number of H-pyrrole nitrogens is 1. The minimum absolute atomic E-state index is 0.0104. The average Bonchev–Trinajstić information content (AvgIpc) is 3.28. The van der Waals surface area contributed by atoms with E-state index in [1.807, 2.05) is 14.0 Å². The van der Waals surface area contributed by atoms with E-state index in [0.717, 1.165) is 5.69 Å². The fraction of sp³-hybridized carbons (Fsp3) is 0.464. The first kappa shape index (κ1) is 28.2. The molecule has 2 fully saturated rings. The van der Waals surface area contributed by atoms with Crippen LogP contribution in [0.1, 0.15) is 48.2 Å². The SMILES string of the molecule is Cc1cc(Nc2cc(C3CN(C)C3)c(F)c(C[C@@]3(C(=O)O)CCN(S(=O)(=O)c4ccccc4C)[C@H](C)C3)n2)n[nH]1. The smallest absolute Gasteiger partial charge is 0.310 e. The first-order valence-electron chi connectivity index (χ1n) is 13.4. The molecule has 0 unspecified atom stereocenters. The number of nitrogens with zero attached hydrogens (tertiary/aromatic N) is 4. The Balaban J connectivity index is 1.46. The fourth-order valence-electron chi connectivity index (χ4n) is 5.99. The highest BCUT2D eigenvalue weighted by atomic mass is 32.2. The van der Waals surface area contributed by atoms with Gasteiger partial charge in [0.05, 0.1) is 16.0 Å². The van der Waals surface area contributed by atoms with E-state index in [0.29, 0.717) is 35.9 Å². The van der Waals surface area contributed by atoms with Crippen molar-refractivity contribution in [1.82, 2.24) is 24.4 Å². The number of anilines is 2. The predicted molar refractivity (Wildman–Crippen MR) is 149 cm³/mol. The van der Waals surface area contributed by atoms with E-state index in [2.05, 4.69) is 25.4 Å². The van der Waals surface area contributed by atoms with Crippen molar-refractivity contribution in [3.63, 3.8) is 0 Å². The number of aryl methyl sites for hydroxylation is 2. The monoisotopic (exact) mass is 570 g/mol. The van der Waals surface area contributed by atoms with Crippen LogP contribution in [-0.4, -0.2) is 76.6 Å². The third-order valence-corrected chi connectivity index (χ3v) is 10.3. The van der Waals surface area contributed by atoms with Gasteiger partial charge in [0.1, 0.15) is 11.6 Å². The molecule has 2 aromatic heterocycles. The highest BCUT2D eigenvalue weighted by molar-refractivity contribution is 7.89. The number of likely N-dealkylation sites (N-methyl/N-ethyl adjacent to an activating group) is 1. The number of pyridine rings is 1. The second-order valence-electron chi connectivity index (χ2n) is 11.3. The first-order chi connectivity index (χ1) is 18.9. The van der Waals surface area contributed by atoms with Crippen molar-refractivity contribution < 1.29 is 22.7 Å². The molecule has 5 rings (SSSR count). The summed E-state index contributed by atoms with van der Waals surface area (Å²) in [6.07, 6.45) is -0.0790. The van der Waals surface area contributed by atoms with Gasteiger partial charge in [0.25, 0.3) is 0 Å². The number of piperidine rings is 1. The lowest BCUT2D eigenvalue weighted by Gasteiger charge is -2.42. The van der Waals surface area contributed by atoms with Crippen LogP contribution < -0.4 is 5.32 Å². The molecule has 214 valence electrons. The van der Waals surface area contributed by atoms with Gasteiger partial charge < -0.3 is 15.3 Å².